The van der Waals surface area contributed by atoms with Crippen molar-refractivity contribution in [2.24, 2.45) is 0 Å². The van der Waals surface area contributed by atoms with Crippen molar-refractivity contribution >= 4 is 43.4 Å². The molecule has 158 valence electrons. The summed E-state index contributed by atoms with van der Waals surface area (Å²) in [6.07, 6.45) is 1.34. The molecule has 0 saturated heterocycles. The maximum absolute atomic E-state index is 14.0. The molecule has 0 saturated carbocycles. The molecule has 0 unspecified atom stereocenters. The zero-order chi connectivity index (χ0) is 22.2. The van der Waals surface area contributed by atoms with Crippen LogP contribution < -0.4 is 10.9 Å². The van der Waals surface area contributed by atoms with Crippen LogP contribution >= 0.6 is 11.3 Å². The van der Waals surface area contributed by atoms with Gasteiger partial charge >= 0.3 is 0 Å². The lowest BCUT2D eigenvalue weighted by Crippen LogP contribution is -2.27. The zero-order valence-corrected chi connectivity index (χ0v) is 17.8. The minimum Gasteiger partial charge on any atom is -0.322 e. The summed E-state index contributed by atoms with van der Waals surface area (Å²) in [7, 11) is 0. The number of amides is 1. The predicted octanol–water partition coefficient (Wildman–Crippen LogP) is 4.76. The summed E-state index contributed by atoms with van der Waals surface area (Å²) in [5, 5.41) is 3.29. The van der Waals surface area contributed by atoms with Gasteiger partial charge in [0, 0.05) is 10.9 Å². The third-order valence-electron chi connectivity index (χ3n) is 5.09. The number of fused-ring (bicyclic) bond motifs is 3. The average molecular weight is 444 g/mol. The zero-order valence-electron chi connectivity index (χ0n) is 17.0. The molecule has 0 aliphatic heterocycles. The Morgan fingerprint density at radius 2 is 1.94 bits per heavy atom. The normalized spacial score (nSPS) is 11.2. The van der Waals surface area contributed by atoms with E-state index in [1.807, 2.05) is 42.5 Å². The van der Waals surface area contributed by atoms with Crippen LogP contribution in [0.1, 0.15) is 5.56 Å². The molecule has 0 radical (unpaired) electrons. The van der Waals surface area contributed by atoms with Gasteiger partial charge in [0.2, 0.25) is 5.91 Å². The summed E-state index contributed by atoms with van der Waals surface area (Å²) in [6.45, 7) is 1.49. The number of carbonyl (C=O) groups is 1. The Bertz CT molecular complexity index is 1540. The number of thiophene rings is 1. The number of halogens is 1. The molecule has 6 nitrogen and oxygen atoms in total. The second-order valence-corrected chi connectivity index (χ2v) is 8.40. The molecular formula is C24H17FN4O2S. The summed E-state index contributed by atoms with van der Waals surface area (Å²) in [6, 6.07) is 18.1. The number of hydrogen-bond acceptors (Lipinski definition) is 5. The highest BCUT2D eigenvalue weighted by Gasteiger charge is 2.15. The van der Waals surface area contributed by atoms with E-state index in [9.17, 15) is 14.0 Å². The summed E-state index contributed by atoms with van der Waals surface area (Å²) in [5.74, 6) is -1.04. The highest BCUT2D eigenvalue weighted by atomic mass is 32.1. The van der Waals surface area contributed by atoms with E-state index in [1.165, 1.54) is 34.4 Å². The van der Waals surface area contributed by atoms with Crippen molar-refractivity contribution in [2.75, 3.05) is 5.32 Å². The highest BCUT2D eigenvalue weighted by Crippen LogP contribution is 2.31. The van der Waals surface area contributed by atoms with Gasteiger partial charge in [-0.15, -0.1) is 11.3 Å². The number of aryl methyl sites for hydroxylation is 1. The summed E-state index contributed by atoms with van der Waals surface area (Å²) >= 11 is 1.25. The molecule has 0 bridgehead atoms. The van der Waals surface area contributed by atoms with Crippen molar-refractivity contribution < 1.29 is 9.18 Å². The lowest BCUT2D eigenvalue weighted by Gasteiger charge is -2.08. The van der Waals surface area contributed by atoms with Gasteiger partial charge in [0.25, 0.3) is 5.56 Å². The Morgan fingerprint density at radius 1 is 1.12 bits per heavy atom. The van der Waals surface area contributed by atoms with Crippen LogP contribution in [0.25, 0.3) is 31.7 Å². The summed E-state index contributed by atoms with van der Waals surface area (Å²) < 4.78 is 15.7. The molecule has 3 heterocycles. The lowest BCUT2D eigenvalue weighted by molar-refractivity contribution is -0.116. The van der Waals surface area contributed by atoms with Crippen molar-refractivity contribution in [1.29, 1.82) is 0 Å². The van der Waals surface area contributed by atoms with Crippen molar-refractivity contribution in [3.8, 4) is 11.3 Å². The summed E-state index contributed by atoms with van der Waals surface area (Å²) in [5.41, 5.74) is 2.84. The Kier molecular flexibility index (Phi) is 4.99. The Morgan fingerprint density at radius 3 is 2.72 bits per heavy atom. The van der Waals surface area contributed by atoms with E-state index in [1.54, 1.807) is 13.0 Å². The van der Waals surface area contributed by atoms with E-state index in [0.29, 0.717) is 15.0 Å². The SMILES string of the molecule is Cc1ccc(NC(=O)Cn2cnc3c(sc4nc(-c5ccccc5)ccc43)c2=O)c(F)c1. The van der Waals surface area contributed by atoms with Gasteiger partial charge in [-0.2, -0.15) is 0 Å². The van der Waals surface area contributed by atoms with Crippen LogP contribution in [0.4, 0.5) is 10.1 Å². The maximum atomic E-state index is 14.0. The number of benzene rings is 2. The van der Waals surface area contributed by atoms with E-state index >= 15 is 0 Å². The first-order valence-electron chi connectivity index (χ1n) is 9.90. The topological polar surface area (TPSA) is 76.9 Å². The molecule has 1 amide bonds. The van der Waals surface area contributed by atoms with Gasteiger partial charge in [-0.1, -0.05) is 36.4 Å². The molecule has 0 atom stereocenters. The number of nitrogens with zero attached hydrogens (tertiary/aromatic N) is 3. The second kappa shape index (κ2) is 7.97. The van der Waals surface area contributed by atoms with Gasteiger partial charge in [-0.05, 0) is 36.8 Å². The minimum atomic E-state index is -0.524. The molecule has 0 fully saturated rings. The van der Waals surface area contributed by atoms with Gasteiger partial charge in [0.15, 0.2) is 0 Å². The minimum absolute atomic E-state index is 0.0715. The monoisotopic (exact) mass is 444 g/mol. The van der Waals surface area contributed by atoms with E-state index in [2.05, 4.69) is 10.3 Å². The fourth-order valence-corrected chi connectivity index (χ4v) is 4.57. The molecule has 2 aromatic carbocycles. The van der Waals surface area contributed by atoms with Crippen LogP contribution in [0, 0.1) is 12.7 Å². The average Bonchev–Trinajstić information content (AvgIpc) is 3.17. The molecule has 8 heteroatoms. The second-order valence-electron chi connectivity index (χ2n) is 7.40. The van der Waals surface area contributed by atoms with Gasteiger partial charge in [0.1, 0.15) is 21.9 Å². The molecule has 0 aliphatic carbocycles. The van der Waals surface area contributed by atoms with Gasteiger partial charge in [0.05, 0.1) is 23.2 Å². The predicted molar refractivity (Wildman–Crippen MR) is 124 cm³/mol. The fourth-order valence-electron chi connectivity index (χ4n) is 3.50. The number of rotatable bonds is 4. The smallest absolute Gasteiger partial charge is 0.271 e. The molecular weight excluding hydrogens is 427 g/mol. The van der Waals surface area contributed by atoms with Crippen molar-refractivity contribution in [1.82, 2.24) is 14.5 Å². The Labute approximate surface area is 186 Å². The first-order chi connectivity index (χ1) is 15.5. The van der Waals surface area contributed by atoms with Crippen LogP contribution in [-0.4, -0.2) is 20.4 Å². The van der Waals surface area contributed by atoms with Crippen LogP contribution in [-0.2, 0) is 11.3 Å². The van der Waals surface area contributed by atoms with E-state index in [-0.39, 0.29) is 17.8 Å². The molecule has 5 rings (SSSR count). The number of nitrogens with one attached hydrogen (secondary N) is 1. The maximum Gasteiger partial charge on any atom is 0.271 e. The summed E-state index contributed by atoms with van der Waals surface area (Å²) in [4.78, 5) is 35.2. The first kappa shape index (κ1) is 20.0. The van der Waals surface area contributed by atoms with Crippen molar-refractivity contribution in [2.45, 2.75) is 13.5 Å². The van der Waals surface area contributed by atoms with E-state index in [0.717, 1.165) is 22.2 Å². The van der Waals surface area contributed by atoms with Crippen LogP contribution in [0.5, 0.6) is 0 Å². The highest BCUT2D eigenvalue weighted by molar-refractivity contribution is 7.25. The Hall–Kier alpha value is -3.91. The van der Waals surface area contributed by atoms with Crippen LogP contribution in [0.15, 0.2) is 71.8 Å². The quantitative estimate of drug-likeness (QED) is 0.434. The number of carbonyl (C=O) groups excluding carboxylic acids is 1. The number of hydrogen-bond donors (Lipinski definition) is 1. The first-order valence-corrected chi connectivity index (χ1v) is 10.7. The van der Waals surface area contributed by atoms with E-state index in [4.69, 9.17) is 4.98 Å². The van der Waals surface area contributed by atoms with Crippen molar-refractivity contribution in [3.05, 3.63) is 88.7 Å². The fraction of sp³-hybridized carbons (Fsp3) is 0.0833. The molecule has 1 N–H and O–H groups in total. The van der Waals surface area contributed by atoms with Gasteiger partial charge < -0.3 is 5.32 Å². The Balaban J connectivity index is 1.47. The molecule has 3 aromatic heterocycles. The standard InChI is InChI=1S/C24H17FN4O2S/c1-14-7-9-19(17(25)11-14)27-20(30)12-29-13-26-21-16-8-10-18(15-5-3-2-4-6-15)28-23(16)32-22(21)24(29)31/h2-11,13H,12H2,1H3,(H,27,30). The third-order valence-corrected chi connectivity index (χ3v) is 6.17. The number of aromatic nitrogens is 3. The van der Waals surface area contributed by atoms with Crippen LogP contribution in [0.2, 0.25) is 0 Å². The third kappa shape index (κ3) is 3.65. The largest absolute Gasteiger partial charge is 0.322 e. The molecule has 32 heavy (non-hydrogen) atoms. The number of pyridine rings is 1. The molecule has 0 spiro atoms. The lowest BCUT2D eigenvalue weighted by atomic mass is 10.1. The van der Waals surface area contributed by atoms with Gasteiger partial charge in [-0.25, -0.2) is 14.4 Å². The van der Waals surface area contributed by atoms with Gasteiger partial charge in [-0.3, -0.25) is 14.2 Å². The van der Waals surface area contributed by atoms with Crippen LogP contribution in [0.3, 0.4) is 0 Å². The van der Waals surface area contributed by atoms with E-state index < -0.39 is 11.7 Å². The molecule has 5 aromatic rings. The molecule has 0 aliphatic rings. The number of anilines is 1. The van der Waals surface area contributed by atoms with Crippen molar-refractivity contribution in [3.63, 3.8) is 0 Å².